The van der Waals surface area contributed by atoms with E-state index < -0.39 is 23.9 Å². The van der Waals surface area contributed by atoms with Crippen LogP contribution in [0.15, 0.2) is 48.7 Å². The molecule has 3 atom stereocenters. The number of fused-ring (bicyclic) bond motifs is 1. The molecule has 15 heteroatoms. The lowest BCUT2D eigenvalue weighted by Gasteiger charge is -2.30. The molecule has 0 radical (unpaired) electrons. The molecule has 4 heterocycles. The van der Waals surface area contributed by atoms with Crippen LogP contribution < -0.4 is 30.7 Å². The highest BCUT2D eigenvalue weighted by atomic mass is 35.5. The number of aliphatic hydroxyl groups is 1. The van der Waals surface area contributed by atoms with Gasteiger partial charge in [0.25, 0.3) is 0 Å². The molecule has 0 bridgehead atoms. The average Bonchev–Trinajstić information content (AvgIpc) is 3.56. The average molecular weight is 754 g/mol. The maximum absolute atomic E-state index is 14.4. The molecule has 5 N–H and O–H groups in total. The van der Waals surface area contributed by atoms with Crippen LogP contribution >= 0.6 is 11.6 Å². The first-order chi connectivity index (χ1) is 25.5. The molecule has 6 rings (SSSR count). The fourth-order valence-corrected chi connectivity index (χ4v) is 7.25. The molecule has 1 fully saturated rings. The van der Waals surface area contributed by atoms with Gasteiger partial charge in [-0.15, -0.1) is 0 Å². The SMILES string of the molecule is COc1nc(-c2ccnc(-c3cccc4c3CCC[C@@H]4Nc3nc(OC)c(CNC[C@H](C)O)cc3C(F)(F)F)c2Cl)ccc1CNC[C@@H]1CCC(=O)N1. The van der Waals surface area contributed by atoms with E-state index in [1.165, 1.54) is 7.11 Å². The lowest BCUT2D eigenvalue weighted by atomic mass is 9.83. The number of pyridine rings is 3. The lowest BCUT2D eigenvalue weighted by molar-refractivity contribution is -0.137. The summed E-state index contributed by atoms with van der Waals surface area (Å²) in [5, 5.41) is 22.3. The topological polar surface area (TPSA) is 143 Å². The number of nitrogens with one attached hydrogen (secondary N) is 4. The number of rotatable bonds is 14. The predicted molar refractivity (Wildman–Crippen MR) is 196 cm³/mol. The van der Waals surface area contributed by atoms with E-state index in [1.807, 2.05) is 30.3 Å². The number of nitrogens with zero attached hydrogens (tertiary/aromatic N) is 3. The van der Waals surface area contributed by atoms with Crippen molar-refractivity contribution < 1.29 is 32.5 Å². The van der Waals surface area contributed by atoms with Crippen LogP contribution in [0.1, 0.15) is 66.5 Å². The summed E-state index contributed by atoms with van der Waals surface area (Å²) in [5.74, 6) is 0.252. The zero-order valence-corrected chi connectivity index (χ0v) is 30.5. The first-order valence-electron chi connectivity index (χ1n) is 17.6. The molecule has 1 aliphatic carbocycles. The van der Waals surface area contributed by atoms with Crippen LogP contribution in [0.2, 0.25) is 5.02 Å². The first-order valence-corrected chi connectivity index (χ1v) is 18.0. The minimum Gasteiger partial charge on any atom is -0.481 e. The van der Waals surface area contributed by atoms with Gasteiger partial charge in [-0.1, -0.05) is 35.9 Å². The number of alkyl halides is 3. The number of amides is 1. The van der Waals surface area contributed by atoms with Crippen LogP contribution in [0.5, 0.6) is 11.8 Å². The molecule has 1 aromatic carbocycles. The molecule has 11 nitrogen and oxygen atoms in total. The molecule has 3 aromatic heterocycles. The van der Waals surface area contributed by atoms with Crippen molar-refractivity contribution >= 4 is 23.3 Å². The van der Waals surface area contributed by atoms with Crippen molar-refractivity contribution in [1.82, 2.24) is 30.9 Å². The van der Waals surface area contributed by atoms with E-state index >= 15 is 0 Å². The minimum absolute atomic E-state index is 0.0406. The van der Waals surface area contributed by atoms with Gasteiger partial charge < -0.3 is 35.8 Å². The number of aromatic nitrogens is 3. The Morgan fingerprint density at radius 3 is 2.49 bits per heavy atom. The Labute approximate surface area is 311 Å². The number of ether oxygens (including phenoxy) is 2. The normalized spacial score (nSPS) is 17.6. The van der Waals surface area contributed by atoms with E-state index in [-0.39, 0.29) is 42.3 Å². The smallest absolute Gasteiger partial charge is 0.419 e. The van der Waals surface area contributed by atoms with Crippen molar-refractivity contribution in [2.45, 2.75) is 76.5 Å². The molecule has 1 aliphatic heterocycles. The van der Waals surface area contributed by atoms with Crippen LogP contribution in [-0.4, -0.2) is 65.4 Å². The van der Waals surface area contributed by atoms with Gasteiger partial charge in [0.05, 0.1) is 48.3 Å². The third-order valence-electron chi connectivity index (χ3n) is 9.48. The highest BCUT2D eigenvalue weighted by Crippen LogP contribution is 2.43. The fourth-order valence-electron chi connectivity index (χ4n) is 6.94. The molecule has 2 aliphatic rings. The summed E-state index contributed by atoms with van der Waals surface area (Å²) < 4.78 is 54.3. The molecular formula is C38H43ClF3N7O4. The van der Waals surface area contributed by atoms with Crippen molar-refractivity contribution in [1.29, 1.82) is 0 Å². The van der Waals surface area contributed by atoms with Crippen LogP contribution in [0.25, 0.3) is 22.5 Å². The van der Waals surface area contributed by atoms with Gasteiger partial charge in [0.15, 0.2) is 0 Å². The summed E-state index contributed by atoms with van der Waals surface area (Å²) in [6, 6.07) is 11.9. The number of methoxy groups -OCH3 is 2. The largest absolute Gasteiger partial charge is 0.481 e. The summed E-state index contributed by atoms with van der Waals surface area (Å²) in [4.78, 5) is 25.2. The molecule has 0 saturated carbocycles. The lowest BCUT2D eigenvalue weighted by Crippen LogP contribution is -2.35. The second-order valence-corrected chi connectivity index (χ2v) is 13.7. The van der Waals surface area contributed by atoms with Gasteiger partial charge in [0.2, 0.25) is 17.7 Å². The van der Waals surface area contributed by atoms with E-state index in [4.69, 9.17) is 26.1 Å². The van der Waals surface area contributed by atoms with Crippen molar-refractivity contribution in [3.63, 3.8) is 0 Å². The minimum atomic E-state index is -4.68. The Bertz CT molecular complexity index is 1940. The molecule has 53 heavy (non-hydrogen) atoms. The Kier molecular flexibility index (Phi) is 12.0. The zero-order valence-electron chi connectivity index (χ0n) is 29.7. The number of hydrogen-bond acceptors (Lipinski definition) is 10. The Hall–Kier alpha value is -4.50. The van der Waals surface area contributed by atoms with Gasteiger partial charge in [-0.05, 0) is 61.9 Å². The van der Waals surface area contributed by atoms with Crippen molar-refractivity contribution in [3.8, 4) is 34.3 Å². The second kappa shape index (κ2) is 16.7. The molecular weight excluding hydrogens is 711 g/mol. The van der Waals surface area contributed by atoms with E-state index in [1.54, 1.807) is 26.3 Å². The summed E-state index contributed by atoms with van der Waals surface area (Å²) in [5.41, 5.74) is 4.52. The number of hydrogen-bond donors (Lipinski definition) is 5. The van der Waals surface area contributed by atoms with Crippen LogP contribution in [0.3, 0.4) is 0 Å². The van der Waals surface area contributed by atoms with Gasteiger partial charge in [0.1, 0.15) is 5.82 Å². The fraction of sp³-hybridized carbons (Fsp3) is 0.421. The van der Waals surface area contributed by atoms with E-state index in [9.17, 15) is 23.1 Å². The van der Waals surface area contributed by atoms with Crippen LogP contribution in [0.4, 0.5) is 19.0 Å². The zero-order chi connectivity index (χ0) is 37.7. The summed E-state index contributed by atoms with van der Waals surface area (Å²) in [6.07, 6.45) is -0.373. The van der Waals surface area contributed by atoms with Gasteiger partial charge >= 0.3 is 6.18 Å². The maximum Gasteiger partial charge on any atom is 0.419 e. The Morgan fingerprint density at radius 2 is 1.77 bits per heavy atom. The quantitative estimate of drug-likeness (QED) is 0.101. The van der Waals surface area contributed by atoms with E-state index in [0.717, 1.165) is 34.7 Å². The van der Waals surface area contributed by atoms with Gasteiger partial charge in [-0.25, -0.2) is 4.98 Å². The number of anilines is 1. The number of carbonyl (C=O) groups is 1. The third kappa shape index (κ3) is 8.84. The Balaban J connectivity index is 1.27. The predicted octanol–water partition coefficient (Wildman–Crippen LogP) is 6.22. The Morgan fingerprint density at radius 1 is 1.00 bits per heavy atom. The van der Waals surface area contributed by atoms with Crippen LogP contribution in [-0.2, 0) is 30.5 Å². The van der Waals surface area contributed by atoms with E-state index in [0.29, 0.717) is 66.6 Å². The molecule has 0 unspecified atom stereocenters. The molecule has 282 valence electrons. The highest BCUT2D eigenvalue weighted by Gasteiger charge is 2.37. The molecule has 4 aromatic rings. The number of benzene rings is 1. The van der Waals surface area contributed by atoms with Crippen molar-refractivity contribution in [2.75, 3.05) is 32.6 Å². The van der Waals surface area contributed by atoms with Gasteiger partial charge in [0, 0.05) is 67.1 Å². The monoisotopic (exact) mass is 753 g/mol. The van der Waals surface area contributed by atoms with Crippen molar-refractivity contribution in [3.05, 3.63) is 81.5 Å². The van der Waals surface area contributed by atoms with E-state index in [2.05, 4.69) is 31.2 Å². The maximum atomic E-state index is 14.4. The number of carbonyl (C=O) groups excluding carboxylic acids is 1. The summed E-state index contributed by atoms with van der Waals surface area (Å²) in [6.45, 7) is 2.96. The summed E-state index contributed by atoms with van der Waals surface area (Å²) >= 11 is 7.09. The third-order valence-corrected chi connectivity index (χ3v) is 9.86. The van der Waals surface area contributed by atoms with Gasteiger partial charge in [-0.2, -0.15) is 18.2 Å². The molecule has 1 saturated heterocycles. The van der Waals surface area contributed by atoms with Crippen LogP contribution in [0, 0.1) is 0 Å². The highest BCUT2D eigenvalue weighted by molar-refractivity contribution is 6.35. The second-order valence-electron chi connectivity index (χ2n) is 13.3. The first kappa shape index (κ1) is 38.2. The van der Waals surface area contributed by atoms with Gasteiger partial charge in [-0.3, -0.25) is 9.78 Å². The molecule has 1 amide bonds. The van der Waals surface area contributed by atoms with Crippen molar-refractivity contribution in [2.24, 2.45) is 0 Å². The molecule has 0 spiro atoms. The number of aliphatic hydroxyl groups excluding tert-OH is 1. The number of halogens is 4. The summed E-state index contributed by atoms with van der Waals surface area (Å²) in [7, 11) is 2.92. The standard InChI is InChI=1S/C38H43ClF3N7O4/c1-21(50)17-43-19-23-16-29(38(40,41)42)35(49-37(23)53-3)47-30-9-5-6-25-26(30)7-4-8-27(25)34-33(39)28(14-15-45-34)31-12-10-22(36(48-31)52-2)18-44-20-24-11-13-32(51)46-24/h4,7-8,10,12,14-16,21,24,30,43-44,50H,5-6,9,11,13,17-20H2,1-3H3,(H,46,51)(H,47,49)/t21-,24-,30-/m0/s1.